The lowest BCUT2D eigenvalue weighted by Gasteiger charge is -2.33. The summed E-state index contributed by atoms with van der Waals surface area (Å²) in [6.07, 6.45) is 0.903. The van der Waals surface area contributed by atoms with E-state index in [4.69, 9.17) is 10.5 Å². The minimum Gasteiger partial charge on any atom is -0.444 e. The van der Waals surface area contributed by atoms with Crippen molar-refractivity contribution in [2.75, 3.05) is 30.3 Å². The number of benzene rings is 1. The van der Waals surface area contributed by atoms with Crippen LogP contribution in [0.5, 0.6) is 0 Å². The second kappa shape index (κ2) is 11.8. The minimum atomic E-state index is -0.750. The molecule has 3 amide bonds. The first-order valence-electron chi connectivity index (χ1n) is 12.3. The monoisotopic (exact) mass is 512 g/mol. The summed E-state index contributed by atoms with van der Waals surface area (Å²) in [6.45, 7) is 10.3. The highest BCUT2D eigenvalue weighted by molar-refractivity contribution is 5.96. The number of nitrogens with one attached hydrogen (secondary N) is 3. The van der Waals surface area contributed by atoms with Crippen molar-refractivity contribution in [3.63, 3.8) is 0 Å². The summed E-state index contributed by atoms with van der Waals surface area (Å²) in [5.41, 5.74) is 6.67. The molecule has 5 N–H and O–H groups in total. The van der Waals surface area contributed by atoms with Crippen LogP contribution in [0.1, 0.15) is 69.4 Å². The van der Waals surface area contributed by atoms with E-state index in [0.29, 0.717) is 19.0 Å². The van der Waals surface area contributed by atoms with Gasteiger partial charge in [-0.15, -0.1) is 10.2 Å². The average molecular weight is 513 g/mol. The maximum absolute atomic E-state index is 12.6. The van der Waals surface area contributed by atoms with Gasteiger partial charge in [0.1, 0.15) is 12.1 Å². The molecule has 1 aliphatic heterocycles. The van der Waals surface area contributed by atoms with Crippen LogP contribution in [-0.2, 0) is 9.53 Å². The summed E-state index contributed by atoms with van der Waals surface area (Å²) in [5, 5.41) is 16.8. The highest BCUT2D eigenvalue weighted by Gasteiger charge is 2.26. The standard InChI is InChI=1S/C25H36N8O4/c1-15(2)16-8-10-17(11-9-16)28-22-20(21(26)35)31-32-23(30-22)29-18-7-6-12-33(14-18)19(34)13-27-24(36)37-25(3,4)5/h8-11,15,18H,6-7,12-14H2,1-5H3,(H2,26,35)(H,27,36)(H2,28,29,30,32)/t18-/m0/s1. The van der Waals surface area contributed by atoms with Crippen molar-refractivity contribution in [1.82, 2.24) is 25.4 Å². The third-order valence-electron chi connectivity index (χ3n) is 5.65. The number of primary amides is 1. The molecule has 1 fully saturated rings. The smallest absolute Gasteiger partial charge is 0.408 e. The Balaban J connectivity index is 1.64. The number of ether oxygens (including phenoxy) is 1. The molecular weight excluding hydrogens is 476 g/mol. The van der Waals surface area contributed by atoms with E-state index in [9.17, 15) is 14.4 Å². The van der Waals surface area contributed by atoms with Gasteiger partial charge in [-0.25, -0.2) is 4.79 Å². The van der Waals surface area contributed by atoms with Crippen LogP contribution in [0.4, 0.5) is 22.2 Å². The van der Waals surface area contributed by atoms with Crippen molar-refractivity contribution in [1.29, 1.82) is 0 Å². The van der Waals surface area contributed by atoms with Gasteiger partial charge in [0.25, 0.3) is 5.91 Å². The molecule has 0 radical (unpaired) electrons. The van der Waals surface area contributed by atoms with Crippen molar-refractivity contribution in [3.05, 3.63) is 35.5 Å². The number of amides is 3. The minimum absolute atomic E-state index is 0.0767. The summed E-state index contributed by atoms with van der Waals surface area (Å²) >= 11 is 0. The number of anilines is 3. The van der Waals surface area contributed by atoms with Gasteiger partial charge < -0.3 is 31.3 Å². The summed E-state index contributed by atoms with van der Waals surface area (Å²) in [6, 6.07) is 7.64. The van der Waals surface area contributed by atoms with E-state index in [1.54, 1.807) is 25.7 Å². The molecule has 12 heteroatoms. The zero-order valence-electron chi connectivity index (χ0n) is 22.0. The number of carbonyl (C=O) groups is 3. The zero-order chi connectivity index (χ0) is 27.2. The molecule has 1 aromatic carbocycles. The SMILES string of the molecule is CC(C)c1ccc(Nc2nc(N[C@H]3CCCN(C(=O)CNC(=O)OC(C)(C)C)C3)nnc2C(N)=O)cc1. The van der Waals surface area contributed by atoms with Crippen molar-refractivity contribution >= 4 is 35.4 Å². The van der Waals surface area contributed by atoms with Crippen LogP contribution >= 0.6 is 0 Å². The first kappa shape index (κ1) is 27.6. The van der Waals surface area contributed by atoms with Crippen LogP contribution in [0, 0.1) is 0 Å². The molecule has 0 unspecified atom stereocenters. The van der Waals surface area contributed by atoms with Gasteiger partial charge in [0.2, 0.25) is 11.9 Å². The molecule has 2 aromatic rings. The normalized spacial score (nSPS) is 15.7. The van der Waals surface area contributed by atoms with Crippen LogP contribution in [-0.4, -0.2) is 69.3 Å². The number of hydrogen-bond acceptors (Lipinski definition) is 9. The van der Waals surface area contributed by atoms with Crippen molar-refractivity contribution < 1.29 is 19.1 Å². The topological polar surface area (TPSA) is 164 Å². The van der Waals surface area contributed by atoms with E-state index >= 15 is 0 Å². The Kier molecular flexibility index (Phi) is 8.85. The molecule has 200 valence electrons. The number of piperidine rings is 1. The van der Waals surface area contributed by atoms with Crippen LogP contribution in [0.15, 0.2) is 24.3 Å². The number of alkyl carbamates (subject to hydrolysis) is 1. The summed E-state index contributed by atoms with van der Waals surface area (Å²) in [4.78, 5) is 42.5. The van der Waals surface area contributed by atoms with E-state index in [1.807, 2.05) is 24.3 Å². The average Bonchev–Trinajstić information content (AvgIpc) is 2.82. The molecule has 0 spiro atoms. The van der Waals surface area contributed by atoms with Gasteiger partial charge in [-0.1, -0.05) is 26.0 Å². The predicted octanol–water partition coefficient (Wildman–Crippen LogP) is 2.77. The Labute approximate surface area is 216 Å². The Morgan fingerprint density at radius 2 is 1.86 bits per heavy atom. The number of carbonyl (C=O) groups excluding carboxylic acids is 3. The summed E-state index contributed by atoms with van der Waals surface area (Å²) < 4.78 is 5.18. The van der Waals surface area contributed by atoms with Crippen molar-refractivity contribution in [2.24, 2.45) is 5.73 Å². The fraction of sp³-hybridized carbons (Fsp3) is 0.520. The van der Waals surface area contributed by atoms with Gasteiger partial charge in [-0.3, -0.25) is 9.59 Å². The summed E-state index contributed by atoms with van der Waals surface area (Å²) in [5.74, 6) is -0.181. The second-order valence-electron chi connectivity index (χ2n) is 10.3. The zero-order valence-corrected chi connectivity index (χ0v) is 22.0. The van der Waals surface area contributed by atoms with Gasteiger partial charge in [0, 0.05) is 24.8 Å². The first-order valence-corrected chi connectivity index (χ1v) is 12.3. The Morgan fingerprint density at radius 1 is 1.16 bits per heavy atom. The largest absolute Gasteiger partial charge is 0.444 e. The van der Waals surface area contributed by atoms with E-state index in [2.05, 4.69) is 45.0 Å². The lowest BCUT2D eigenvalue weighted by Crippen LogP contribution is -2.49. The Bertz CT molecular complexity index is 1110. The highest BCUT2D eigenvalue weighted by Crippen LogP contribution is 2.22. The second-order valence-corrected chi connectivity index (χ2v) is 10.3. The maximum Gasteiger partial charge on any atom is 0.408 e. The fourth-order valence-corrected chi connectivity index (χ4v) is 3.81. The number of rotatable bonds is 8. The van der Waals surface area contributed by atoms with Crippen LogP contribution in [0.3, 0.4) is 0 Å². The maximum atomic E-state index is 12.6. The third kappa shape index (κ3) is 8.29. The van der Waals surface area contributed by atoms with E-state index < -0.39 is 17.6 Å². The molecule has 37 heavy (non-hydrogen) atoms. The first-order chi connectivity index (χ1) is 17.4. The lowest BCUT2D eigenvalue weighted by atomic mass is 10.0. The van der Waals surface area contributed by atoms with E-state index in [1.165, 1.54) is 5.56 Å². The molecule has 0 saturated carbocycles. The number of aromatic nitrogens is 3. The highest BCUT2D eigenvalue weighted by atomic mass is 16.6. The van der Waals surface area contributed by atoms with Crippen LogP contribution < -0.4 is 21.7 Å². The fourth-order valence-electron chi connectivity index (χ4n) is 3.81. The molecule has 1 aromatic heterocycles. The number of likely N-dealkylation sites (tertiary alicyclic amines) is 1. The van der Waals surface area contributed by atoms with Crippen LogP contribution in [0.2, 0.25) is 0 Å². The molecule has 2 heterocycles. The molecule has 0 bridgehead atoms. The van der Waals surface area contributed by atoms with Gasteiger partial charge in [-0.2, -0.15) is 4.98 Å². The van der Waals surface area contributed by atoms with E-state index in [-0.39, 0.29) is 36.0 Å². The lowest BCUT2D eigenvalue weighted by molar-refractivity contribution is -0.131. The van der Waals surface area contributed by atoms with E-state index in [0.717, 1.165) is 18.5 Å². The predicted molar refractivity (Wildman–Crippen MR) is 140 cm³/mol. The third-order valence-corrected chi connectivity index (χ3v) is 5.65. The van der Waals surface area contributed by atoms with Gasteiger partial charge >= 0.3 is 6.09 Å². The van der Waals surface area contributed by atoms with Gasteiger partial charge in [0.15, 0.2) is 11.5 Å². The van der Waals surface area contributed by atoms with Crippen molar-refractivity contribution in [2.45, 2.75) is 65.0 Å². The molecular formula is C25H36N8O4. The van der Waals surface area contributed by atoms with Crippen molar-refractivity contribution in [3.8, 4) is 0 Å². The molecule has 3 rings (SSSR count). The Hall–Kier alpha value is -3.96. The Morgan fingerprint density at radius 3 is 2.49 bits per heavy atom. The number of hydrogen-bond donors (Lipinski definition) is 4. The van der Waals surface area contributed by atoms with Gasteiger partial charge in [0.05, 0.1) is 0 Å². The summed E-state index contributed by atoms with van der Waals surface area (Å²) in [7, 11) is 0. The molecule has 0 aliphatic carbocycles. The molecule has 1 saturated heterocycles. The number of nitrogens with zero attached hydrogens (tertiary/aromatic N) is 4. The molecule has 12 nitrogen and oxygen atoms in total. The van der Waals surface area contributed by atoms with Gasteiger partial charge in [-0.05, 0) is 57.2 Å². The molecule has 1 atom stereocenters. The van der Waals surface area contributed by atoms with Crippen LogP contribution in [0.25, 0.3) is 0 Å². The quantitative estimate of drug-likeness (QED) is 0.416. The molecule has 1 aliphatic rings. The number of nitrogens with two attached hydrogens (primary N) is 1.